The van der Waals surface area contributed by atoms with Gasteiger partial charge in [0.25, 0.3) is 0 Å². The minimum Gasteiger partial charge on any atom is -0.508 e. The second-order valence-corrected chi connectivity index (χ2v) is 7.44. The number of rotatable bonds is 3. The van der Waals surface area contributed by atoms with E-state index in [2.05, 4.69) is 15.6 Å². The quantitative estimate of drug-likeness (QED) is 0.684. The van der Waals surface area contributed by atoms with Crippen molar-refractivity contribution in [3.63, 3.8) is 0 Å². The molecule has 1 aliphatic carbocycles. The maximum atomic E-state index is 10.4. The average molecular weight is 373 g/mol. The molecule has 128 valence electrons. The lowest BCUT2D eigenvalue weighted by Gasteiger charge is -2.41. The number of phenols is 1. The molecule has 1 aliphatic rings. The molecular formula is C20H18Cl2N2O. The van der Waals surface area contributed by atoms with Crippen molar-refractivity contribution in [3.8, 4) is 5.75 Å². The van der Waals surface area contributed by atoms with Crippen molar-refractivity contribution in [2.75, 3.05) is 0 Å². The Kier molecular flexibility index (Phi) is 4.22. The second-order valence-electron chi connectivity index (χ2n) is 6.60. The van der Waals surface area contributed by atoms with Gasteiger partial charge in [0.1, 0.15) is 5.75 Å². The fourth-order valence-electron chi connectivity index (χ4n) is 4.09. The predicted molar refractivity (Wildman–Crippen MR) is 101 cm³/mol. The van der Waals surface area contributed by atoms with Gasteiger partial charge in [-0.3, -0.25) is 0 Å². The van der Waals surface area contributed by atoms with Gasteiger partial charge in [0.15, 0.2) is 0 Å². The maximum Gasteiger partial charge on any atom is 0.119 e. The van der Waals surface area contributed by atoms with E-state index >= 15 is 0 Å². The molecule has 1 aromatic heterocycles. The summed E-state index contributed by atoms with van der Waals surface area (Å²) in [5.41, 5.74) is 2.87. The van der Waals surface area contributed by atoms with Gasteiger partial charge in [-0.2, -0.15) is 0 Å². The van der Waals surface area contributed by atoms with Crippen LogP contribution in [0.2, 0.25) is 10.0 Å². The third-order valence-corrected chi connectivity index (χ3v) is 5.70. The largest absolute Gasteiger partial charge is 0.508 e. The number of imidazole rings is 1. The lowest BCUT2D eigenvalue weighted by Crippen LogP contribution is -2.37. The van der Waals surface area contributed by atoms with Crippen LogP contribution in [0.5, 0.6) is 5.75 Å². The average Bonchev–Trinajstić information content (AvgIpc) is 3.08. The number of fused-ring (bicyclic) bond motifs is 1. The zero-order valence-corrected chi connectivity index (χ0v) is 15.1. The lowest BCUT2D eigenvalue weighted by atomic mass is 9.65. The summed E-state index contributed by atoms with van der Waals surface area (Å²) in [6, 6.07) is 11.5. The molecule has 0 aliphatic heterocycles. The van der Waals surface area contributed by atoms with E-state index < -0.39 is 0 Å². The molecular weight excluding hydrogens is 355 g/mol. The molecule has 3 aromatic rings. The highest BCUT2D eigenvalue weighted by molar-refractivity contribution is 6.35. The van der Waals surface area contributed by atoms with Gasteiger partial charge in [-0.25, -0.2) is 4.98 Å². The Hall–Kier alpha value is -1.97. The van der Waals surface area contributed by atoms with Crippen LogP contribution in [-0.4, -0.2) is 14.7 Å². The lowest BCUT2D eigenvalue weighted by molar-refractivity contribution is 0.361. The van der Waals surface area contributed by atoms with E-state index in [1.807, 2.05) is 30.7 Å². The molecule has 2 aromatic carbocycles. The molecule has 0 saturated heterocycles. The van der Waals surface area contributed by atoms with Gasteiger partial charge in [-0.15, -0.1) is 0 Å². The van der Waals surface area contributed by atoms with E-state index in [4.69, 9.17) is 23.2 Å². The molecule has 0 saturated carbocycles. The van der Waals surface area contributed by atoms with E-state index in [0.29, 0.717) is 22.3 Å². The van der Waals surface area contributed by atoms with E-state index in [9.17, 15) is 5.11 Å². The van der Waals surface area contributed by atoms with E-state index in [-0.39, 0.29) is 5.41 Å². The Labute approximate surface area is 156 Å². The van der Waals surface area contributed by atoms with Gasteiger partial charge in [-0.1, -0.05) is 41.4 Å². The molecule has 0 fully saturated rings. The van der Waals surface area contributed by atoms with Crippen LogP contribution in [0, 0.1) is 0 Å². The molecule has 3 nitrogen and oxygen atoms in total. The zero-order chi connectivity index (χ0) is 17.4. The van der Waals surface area contributed by atoms with Gasteiger partial charge in [0.05, 0.1) is 6.33 Å². The van der Waals surface area contributed by atoms with E-state index in [1.54, 1.807) is 18.3 Å². The minimum atomic E-state index is -0.325. The van der Waals surface area contributed by atoms with Crippen LogP contribution in [0.4, 0.5) is 0 Å². The molecule has 0 spiro atoms. The fourth-order valence-corrected chi connectivity index (χ4v) is 4.68. The van der Waals surface area contributed by atoms with Crippen molar-refractivity contribution in [1.82, 2.24) is 9.55 Å². The number of aromatic nitrogens is 2. The fraction of sp³-hybridized carbons (Fsp3) is 0.250. The summed E-state index contributed by atoms with van der Waals surface area (Å²) in [5, 5.41) is 11.7. The van der Waals surface area contributed by atoms with Crippen molar-refractivity contribution >= 4 is 23.2 Å². The molecule has 1 unspecified atom stereocenters. The van der Waals surface area contributed by atoms with Crippen LogP contribution in [0.15, 0.2) is 55.1 Å². The molecule has 1 atom stereocenters. The molecule has 4 rings (SSSR count). The molecule has 5 heteroatoms. The van der Waals surface area contributed by atoms with Crippen molar-refractivity contribution in [2.45, 2.75) is 31.2 Å². The number of benzene rings is 2. The van der Waals surface area contributed by atoms with Crippen LogP contribution >= 0.6 is 23.2 Å². The summed E-state index contributed by atoms with van der Waals surface area (Å²) in [5.74, 6) is 0.359. The third-order valence-electron chi connectivity index (χ3n) is 5.16. The van der Waals surface area contributed by atoms with Crippen molar-refractivity contribution < 1.29 is 5.11 Å². The summed E-state index contributed by atoms with van der Waals surface area (Å²) in [6.45, 7) is 0.713. The molecule has 1 heterocycles. The normalized spacial score (nSPS) is 19.6. The highest BCUT2D eigenvalue weighted by Crippen LogP contribution is 2.48. The van der Waals surface area contributed by atoms with Crippen LogP contribution in [0.3, 0.4) is 0 Å². The smallest absolute Gasteiger partial charge is 0.119 e. The summed E-state index contributed by atoms with van der Waals surface area (Å²) in [7, 11) is 0. The first kappa shape index (κ1) is 16.5. The van der Waals surface area contributed by atoms with Crippen molar-refractivity contribution in [3.05, 3.63) is 81.9 Å². The maximum absolute atomic E-state index is 10.4. The highest BCUT2D eigenvalue weighted by atomic mass is 35.5. The van der Waals surface area contributed by atoms with Crippen LogP contribution in [-0.2, 0) is 18.4 Å². The summed E-state index contributed by atoms with van der Waals surface area (Å²) >= 11 is 12.8. The molecule has 1 N–H and O–H groups in total. The first-order valence-electron chi connectivity index (χ1n) is 8.33. The number of hydrogen-bond acceptors (Lipinski definition) is 2. The Balaban J connectivity index is 1.97. The first-order valence-corrected chi connectivity index (χ1v) is 9.08. The number of phenolic OH excluding ortho intramolecular Hbond substituents is 1. The van der Waals surface area contributed by atoms with Crippen molar-refractivity contribution in [1.29, 1.82) is 0 Å². The third kappa shape index (κ3) is 2.82. The molecule has 25 heavy (non-hydrogen) atoms. The van der Waals surface area contributed by atoms with E-state index in [0.717, 1.165) is 36.0 Å². The van der Waals surface area contributed by atoms with Crippen LogP contribution in [0.1, 0.15) is 29.5 Å². The summed E-state index contributed by atoms with van der Waals surface area (Å²) in [6.07, 6.45) is 8.37. The number of nitrogens with zero attached hydrogens (tertiary/aromatic N) is 2. The predicted octanol–water partition coefficient (Wildman–Crippen LogP) is 5.22. The van der Waals surface area contributed by atoms with Gasteiger partial charge >= 0.3 is 0 Å². The summed E-state index contributed by atoms with van der Waals surface area (Å²) < 4.78 is 2.07. The number of hydrogen-bond donors (Lipinski definition) is 1. The molecule has 0 radical (unpaired) electrons. The van der Waals surface area contributed by atoms with Crippen molar-refractivity contribution in [2.24, 2.45) is 0 Å². The van der Waals surface area contributed by atoms with Crippen LogP contribution in [0.25, 0.3) is 0 Å². The molecule has 0 amide bonds. The Morgan fingerprint density at radius 1 is 1.16 bits per heavy atom. The van der Waals surface area contributed by atoms with Crippen LogP contribution < -0.4 is 0 Å². The topological polar surface area (TPSA) is 38.0 Å². The van der Waals surface area contributed by atoms with Gasteiger partial charge in [0, 0.05) is 34.4 Å². The van der Waals surface area contributed by atoms with Gasteiger partial charge < -0.3 is 9.67 Å². The number of halogens is 2. The van der Waals surface area contributed by atoms with Gasteiger partial charge in [-0.05, 0) is 54.2 Å². The first-order chi connectivity index (χ1) is 12.1. The zero-order valence-electron chi connectivity index (χ0n) is 13.6. The molecule has 0 bridgehead atoms. The SMILES string of the molecule is Oc1cccc2c1CCCC2(Cn1ccnc1)c1ccc(Cl)cc1Cl. The number of aromatic hydroxyl groups is 1. The standard InChI is InChI=1S/C20H18Cl2N2O/c21-14-6-7-17(18(22)11-14)20(12-24-10-9-23-13-24)8-2-3-15-16(20)4-1-5-19(15)25/h1,4-7,9-11,13,25H,2-3,8,12H2. The van der Waals surface area contributed by atoms with E-state index in [1.165, 1.54) is 0 Å². The highest BCUT2D eigenvalue weighted by Gasteiger charge is 2.40. The summed E-state index contributed by atoms with van der Waals surface area (Å²) in [4.78, 5) is 4.18. The monoisotopic (exact) mass is 372 g/mol. The van der Waals surface area contributed by atoms with Gasteiger partial charge in [0.2, 0.25) is 0 Å². The Morgan fingerprint density at radius 3 is 2.80 bits per heavy atom. The Bertz CT molecular complexity index is 908. The minimum absolute atomic E-state index is 0.325. The Morgan fingerprint density at radius 2 is 2.04 bits per heavy atom. The second kappa shape index (κ2) is 6.40.